The Balaban J connectivity index is 2.13. The molecule has 0 aromatic carbocycles. The van der Waals surface area contributed by atoms with Gasteiger partial charge in [0.2, 0.25) is 0 Å². The van der Waals surface area contributed by atoms with Crippen LogP contribution in [0.25, 0.3) is 0 Å². The summed E-state index contributed by atoms with van der Waals surface area (Å²) in [5.74, 6) is 0. The van der Waals surface area contributed by atoms with Crippen LogP contribution < -0.4 is 5.32 Å². The molecule has 0 radical (unpaired) electrons. The highest BCUT2D eigenvalue weighted by Crippen LogP contribution is 2.13. The van der Waals surface area contributed by atoms with Gasteiger partial charge in [0, 0.05) is 25.2 Å². The van der Waals surface area contributed by atoms with E-state index in [9.17, 15) is 0 Å². The van der Waals surface area contributed by atoms with E-state index in [1.807, 2.05) is 0 Å². The van der Waals surface area contributed by atoms with Crippen LogP contribution in [0, 0.1) is 0 Å². The highest BCUT2D eigenvalue weighted by atomic mass is 15.3. The first-order chi connectivity index (χ1) is 7.65. The van der Waals surface area contributed by atoms with Crippen molar-refractivity contribution < 1.29 is 0 Å². The second kappa shape index (κ2) is 7.25. The van der Waals surface area contributed by atoms with Crippen LogP contribution in [0.2, 0.25) is 0 Å². The van der Waals surface area contributed by atoms with Gasteiger partial charge in [-0.1, -0.05) is 6.92 Å². The minimum atomic E-state index is 0.706. The molecule has 1 heterocycles. The van der Waals surface area contributed by atoms with Gasteiger partial charge in [-0.25, -0.2) is 0 Å². The summed E-state index contributed by atoms with van der Waals surface area (Å²) in [5.41, 5.74) is 0. The summed E-state index contributed by atoms with van der Waals surface area (Å²) in [6.07, 6.45) is 2.64. The summed E-state index contributed by atoms with van der Waals surface area (Å²) < 4.78 is 0. The molecule has 0 spiro atoms. The molecule has 1 aliphatic rings. The SMILES string of the molecule is CCNCCCCN1CC(C)N(C)C(C)C1. The third-order valence-corrected chi connectivity index (χ3v) is 3.76. The summed E-state index contributed by atoms with van der Waals surface area (Å²) in [5, 5.41) is 3.38. The minimum Gasteiger partial charge on any atom is -0.317 e. The lowest BCUT2D eigenvalue weighted by Gasteiger charge is -2.42. The predicted molar refractivity (Wildman–Crippen MR) is 70.9 cm³/mol. The molecule has 1 saturated heterocycles. The molecular weight excluding hydrogens is 198 g/mol. The zero-order chi connectivity index (χ0) is 12.0. The lowest BCUT2D eigenvalue weighted by Crippen LogP contribution is -2.54. The van der Waals surface area contributed by atoms with Crippen molar-refractivity contribution in [2.75, 3.05) is 39.8 Å². The molecule has 1 fully saturated rings. The maximum Gasteiger partial charge on any atom is 0.0195 e. The Bertz CT molecular complexity index is 172. The Kier molecular flexibility index (Phi) is 6.32. The van der Waals surface area contributed by atoms with Crippen molar-refractivity contribution in [3.05, 3.63) is 0 Å². The van der Waals surface area contributed by atoms with Gasteiger partial charge in [0.05, 0.1) is 0 Å². The van der Waals surface area contributed by atoms with Gasteiger partial charge in [-0.3, -0.25) is 4.90 Å². The van der Waals surface area contributed by atoms with Gasteiger partial charge in [-0.15, -0.1) is 0 Å². The number of unbranched alkanes of at least 4 members (excludes halogenated alkanes) is 1. The van der Waals surface area contributed by atoms with Crippen LogP contribution in [0.5, 0.6) is 0 Å². The van der Waals surface area contributed by atoms with Crippen molar-refractivity contribution in [2.24, 2.45) is 0 Å². The summed E-state index contributed by atoms with van der Waals surface area (Å²) >= 11 is 0. The van der Waals surface area contributed by atoms with Gasteiger partial charge in [-0.2, -0.15) is 0 Å². The molecule has 16 heavy (non-hydrogen) atoms. The smallest absolute Gasteiger partial charge is 0.0195 e. The van der Waals surface area contributed by atoms with Gasteiger partial charge in [0.25, 0.3) is 0 Å². The normalized spacial score (nSPS) is 28.5. The van der Waals surface area contributed by atoms with E-state index in [0.29, 0.717) is 12.1 Å². The zero-order valence-electron chi connectivity index (χ0n) is 11.5. The number of likely N-dealkylation sites (N-methyl/N-ethyl adjacent to an activating group) is 1. The van der Waals surface area contributed by atoms with Crippen molar-refractivity contribution in [1.29, 1.82) is 0 Å². The van der Waals surface area contributed by atoms with E-state index in [2.05, 4.69) is 42.9 Å². The predicted octanol–water partition coefficient (Wildman–Crippen LogP) is 1.40. The van der Waals surface area contributed by atoms with Crippen LogP contribution in [-0.2, 0) is 0 Å². The van der Waals surface area contributed by atoms with E-state index in [1.165, 1.54) is 39.0 Å². The quantitative estimate of drug-likeness (QED) is 0.692. The minimum absolute atomic E-state index is 0.706. The summed E-state index contributed by atoms with van der Waals surface area (Å²) in [7, 11) is 2.25. The second-order valence-corrected chi connectivity index (χ2v) is 5.18. The summed E-state index contributed by atoms with van der Waals surface area (Å²) in [6, 6.07) is 1.41. The number of rotatable bonds is 6. The van der Waals surface area contributed by atoms with Crippen LogP contribution in [0.4, 0.5) is 0 Å². The largest absolute Gasteiger partial charge is 0.317 e. The van der Waals surface area contributed by atoms with Crippen LogP contribution in [0.3, 0.4) is 0 Å². The second-order valence-electron chi connectivity index (χ2n) is 5.18. The Morgan fingerprint density at radius 3 is 2.31 bits per heavy atom. The van der Waals surface area contributed by atoms with Crippen molar-refractivity contribution in [2.45, 2.75) is 45.7 Å². The molecule has 1 rings (SSSR count). The Morgan fingerprint density at radius 2 is 1.75 bits per heavy atom. The van der Waals surface area contributed by atoms with Crippen molar-refractivity contribution in [3.63, 3.8) is 0 Å². The van der Waals surface area contributed by atoms with Gasteiger partial charge < -0.3 is 10.2 Å². The summed E-state index contributed by atoms with van der Waals surface area (Å²) in [4.78, 5) is 5.12. The monoisotopic (exact) mass is 227 g/mol. The molecule has 3 nitrogen and oxygen atoms in total. The maximum atomic E-state index is 3.38. The molecule has 96 valence electrons. The molecule has 0 amide bonds. The highest BCUT2D eigenvalue weighted by molar-refractivity contribution is 4.82. The van der Waals surface area contributed by atoms with Gasteiger partial charge in [-0.05, 0) is 53.4 Å². The molecular formula is C13H29N3. The first kappa shape index (κ1) is 13.9. The number of hydrogen-bond donors (Lipinski definition) is 1. The molecule has 0 bridgehead atoms. The van der Waals surface area contributed by atoms with E-state index in [4.69, 9.17) is 0 Å². The van der Waals surface area contributed by atoms with Crippen LogP contribution >= 0.6 is 0 Å². The van der Waals surface area contributed by atoms with Crippen molar-refractivity contribution >= 4 is 0 Å². The zero-order valence-corrected chi connectivity index (χ0v) is 11.5. The molecule has 3 heteroatoms. The molecule has 1 N–H and O–H groups in total. The fraction of sp³-hybridized carbons (Fsp3) is 1.00. The third-order valence-electron chi connectivity index (χ3n) is 3.76. The molecule has 0 aliphatic carbocycles. The van der Waals surface area contributed by atoms with E-state index in [1.54, 1.807) is 0 Å². The van der Waals surface area contributed by atoms with E-state index in [-0.39, 0.29) is 0 Å². The Labute approximate surface area is 101 Å². The van der Waals surface area contributed by atoms with Gasteiger partial charge in [0.1, 0.15) is 0 Å². The van der Waals surface area contributed by atoms with E-state index in [0.717, 1.165) is 6.54 Å². The number of nitrogens with one attached hydrogen (secondary N) is 1. The van der Waals surface area contributed by atoms with Crippen LogP contribution in [0.15, 0.2) is 0 Å². The first-order valence-corrected chi connectivity index (χ1v) is 6.80. The number of piperazine rings is 1. The van der Waals surface area contributed by atoms with Crippen LogP contribution in [0.1, 0.15) is 33.6 Å². The Hall–Kier alpha value is -0.120. The average Bonchev–Trinajstić information content (AvgIpc) is 2.25. The molecule has 2 atom stereocenters. The average molecular weight is 227 g/mol. The van der Waals surface area contributed by atoms with Crippen LogP contribution in [-0.4, -0.2) is 61.7 Å². The molecule has 0 saturated carbocycles. The summed E-state index contributed by atoms with van der Waals surface area (Å²) in [6.45, 7) is 12.9. The fourth-order valence-electron chi connectivity index (χ4n) is 2.46. The molecule has 2 unspecified atom stereocenters. The number of nitrogens with zero attached hydrogens (tertiary/aromatic N) is 2. The third kappa shape index (κ3) is 4.40. The molecule has 0 aromatic heterocycles. The van der Waals surface area contributed by atoms with E-state index >= 15 is 0 Å². The van der Waals surface area contributed by atoms with Gasteiger partial charge >= 0.3 is 0 Å². The lowest BCUT2D eigenvalue weighted by atomic mass is 10.1. The highest BCUT2D eigenvalue weighted by Gasteiger charge is 2.25. The fourth-order valence-corrected chi connectivity index (χ4v) is 2.46. The van der Waals surface area contributed by atoms with Crippen molar-refractivity contribution in [3.8, 4) is 0 Å². The first-order valence-electron chi connectivity index (χ1n) is 6.80. The topological polar surface area (TPSA) is 18.5 Å². The maximum absolute atomic E-state index is 3.38. The van der Waals surface area contributed by atoms with E-state index < -0.39 is 0 Å². The lowest BCUT2D eigenvalue weighted by molar-refractivity contribution is 0.0592. The standard InChI is InChI=1S/C13H29N3/c1-5-14-8-6-7-9-16-10-12(2)15(4)13(3)11-16/h12-14H,5-11H2,1-4H3. The molecule has 0 aromatic rings. The molecule has 1 aliphatic heterocycles. The van der Waals surface area contributed by atoms with Gasteiger partial charge in [0.15, 0.2) is 0 Å². The van der Waals surface area contributed by atoms with Crippen molar-refractivity contribution in [1.82, 2.24) is 15.1 Å². The Morgan fingerprint density at radius 1 is 1.12 bits per heavy atom. The number of hydrogen-bond acceptors (Lipinski definition) is 3.